The highest BCUT2D eigenvalue weighted by Crippen LogP contribution is 2.41. The van der Waals surface area contributed by atoms with Crippen molar-refractivity contribution >= 4 is 11.6 Å². The summed E-state index contributed by atoms with van der Waals surface area (Å²) in [6, 6.07) is 17.3. The summed E-state index contributed by atoms with van der Waals surface area (Å²) in [5.41, 5.74) is 8.48. The molecule has 2 aromatic carbocycles. The molecule has 0 spiro atoms. The molecule has 4 nitrogen and oxygen atoms in total. The normalized spacial score (nSPS) is 24.9. The van der Waals surface area contributed by atoms with Gasteiger partial charge in [-0.15, -0.1) is 0 Å². The molecule has 144 valence electrons. The Morgan fingerprint density at radius 1 is 1.11 bits per heavy atom. The van der Waals surface area contributed by atoms with Crippen molar-refractivity contribution in [3.05, 3.63) is 64.7 Å². The predicted molar refractivity (Wildman–Crippen MR) is 110 cm³/mol. The third-order valence-corrected chi connectivity index (χ3v) is 5.81. The molecule has 0 amide bonds. The molecule has 1 saturated carbocycles. The van der Waals surface area contributed by atoms with Crippen molar-refractivity contribution in [1.82, 2.24) is 10.2 Å². The maximum absolute atomic E-state index is 5.96. The second-order valence-electron chi connectivity index (χ2n) is 7.74. The Labute approximate surface area is 166 Å². The van der Waals surface area contributed by atoms with E-state index in [1.807, 2.05) is 24.3 Å². The first-order valence-corrected chi connectivity index (χ1v) is 10.2. The van der Waals surface area contributed by atoms with Crippen molar-refractivity contribution < 1.29 is 4.74 Å². The number of nitrogens with one attached hydrogen (secondary N) is 1. The third kappa shape index (κ3) is 5.23. The summed E-state index contributed by atoms with van der Waals surface area (Å²) in [5, 5.41) is 4.44. The molecule has 1 aliphatic carbocycles. The molecule has 3 atom stereocenters. The Morgan fingerprint density at radius 3 is 2.59 bits per heavy atom. The fraction of sp³-hybridized carbons (Fsp3) is 0.455. The Hall–Kier alpha value is -1.59. The number of halogens is 1. The molecule has 1 heterocycles. The Morgan fingerprint density at radius 2 is 1.89 bits per heavy atom. The highest BCUT2D eigenvalue weighted by atomic mass is 35.5. The lowest BCUT2D eigenvalue weighted by atomic mass is 10.1. The van der Waals surface area contributed by atoms with Crippen LogP contribution >= 0.6 is 11.6 Å². The molecule has 27 heavy (non-hydrogen) atoms. The Kier molecular flexibility index (Phi) is 5.98. The van der Waals surface area contributed by atoms with E-state index in [4.69, 9.17) is 22.1 Å². The van der Waals surface area contributed by atoms with Crippen molar-refractivity contribution in [3.8, 4) is 5.75 Å². The highest BCUT2D eigenvalue weighted by molar-refractivity contribution is 6.30. The van der Waals surface area contributed by atoms with E-state index in [0.717, 1.165) is 48.9 Å². The van der Waals surface area contributed by atoms with E-state index in [9.17, 15) is 0 Å². The van der Waals surface area contributed by atoms with Crippen LogP contribution in [-0.4, -0.2) is 43.2 Å². The molecule has 0 radical (unpaired) electrons. The van der Waals surface area contributed by atoms with Crippen molar-refractivity contribution in [2.45, 2.75) is 37.5 Å². The van der Waals surface area contributed by atoms with Crippen molar-refractivity contribution in [2.75, 3.05) is 26.2 Å². The molecule has 2 aliphatic rings. The lowest BCUT2D eigenvalue weighted by molar-refractivity contribution is 0.306. The number of rotatable bonds is 8. The summed E-state index contributed by atoms with van der Waals surface area (Å²) in [4.78, 5) is 2.46. The van der Waals surface area contributed by atoms with E-state index in [2.05, 4.69) is 34.5 Å². The van der Waals surface area contributed by atoms with Crippen molar-refractivity contribution in [2.24, 2.45) is 5.73 Å². The maximum Gasteiger partial charge on any atom is 0.119 e. The van der Waals surface area contributed by atoms with Crippen LogP contribution in [0.25, 0.3) is 0 Å². The molecule has 0 bridgehead atoms. The van der Waals surface area contributed by atoms with Gasteiger partial charge in [-0.25, -0.2) is 0 Å². The molecular formula is C22H28ClN3O. The second kappa shape index (κ2) is 8.61. The van der Waals surface area contributed by atoms with Crippen molar-refractivity contribution in [3.63, 3.8) is 0 Å². The van der Waals surface area contributed by atoms with Gasteiger partial charge in [0.25, 0.3) is 0 Å². The van der Waals surface area contributed by atoms with Crippen LogP contribution in [0.2, 0.25) is 5.02 Å². The Bertz CT molecular complexity index is 734. The summed E-state index contributed by atoms with van der Waals surface area (Å²) < 4.78 is 5.87. The molecule has 2 fully saturated rings. The van der Waals surface area contributed by atoms with Crippen LogP contribution in [0, 0.1) is 0 Å². The second-order valence-corrected chi connectivity index (χ2v) is 8.17. The topological polar surface area (TPSA) is 50.5 Å². The largest absolute Gasteiger partial charge is 0.489 e. The average molecular weight is 386 g/mol. The van der Waals surface area contributed by atoms with Crippen LogP contribution in [0.15, 0.2) is 48.5 Å². The van der Waals surface area contributed by atoms with Gasteiger partial charge >= 0.3 is 0 Å². The lowest BCUT2D eigenvalue weighted by Crippen LogP contribution is -2.33. The molecule has 5 heteroatoms. The van der Waals surface area contributed by atoms with Crippen LogP contribution in [-0.2, 0) is 6.61 Å². The smallest absolute Gasteiger partial charge is 0.119 e. The maximum atomic E-state index is 5.96. The number of nitrogens with zero attached hydrogens (tertiary/aromatic N) is 1. The number of hydrogen-bond acceptors (Lipinski definition) is 4. The quantitative estimate of drug-likeness (QED) is 0.731. The van der Waals surface area contributed by atoms with E-state index in [0.29, 0.717) is 24.6 Å². The van der Waals surface area contributed by atoms with Crippen LogP contribution in [0.4, 0.5) is 0 Å². The van der Waals surface area contributed by atoms with E-state index in [1.165, 1.54) is 12.0 Å². The molecule has 0 aromatic heterocycles. The fourth-order valence-electron chi connectivity index (χ4n) is 3.82. The van der Waals surface area contributed by atoms with E-state index in [-0.39, 0.29) is 0 Å². The van der Waals surface area contributed by atoms with Gasteiger partial charge in [-0.3, -0.25) is 0 Å². The van der Waals surface area contributed by atoms with Gasteiger partial charge in [0.15, 0.2) is 0 Å². The summed E-state index contributed by atoms with van der Waals surface area (Å²) in [6.07, 6.45) is 2.36. The first-order chi connectivity index (χ1) is 13.2. The first kappa shape index (κ1) is 18.8. The van der Waals surface area contributed by atoms with Crippen LogP contribution < -0.4 is 15.8 Å². The monoisotopic (exact) mass is 385 g/mol. The minimum absolute atomic E-state index is 0.374. The van der Waals surface area contributed by atoms with E-state index < -0.39 is 0 Å². The average Bonchev–Trinajstić information content (AvgIpc) is 3.34. The summed E-state index contributed by atoms with van der Waals surface area (Å²) >= 11 is 5.91. The predicted octanol–water partition coefficient (Wildman–Crippen LogP) is 3.40. The van der Waals surface area contributed by atoms with Crippen molar-refractivity contribution in [1.29, 1.82) is 0 Å². The summed E-state index contributed by atoms with van der Waals surface area (Å²) in [7, 11) is 0. The standard InChI is InChI=1S/C22H28ClN3O/c23-18-5-1-16(2-6-18)15-27-20-7-3-17(4-8-20)21-13-22(21)25-10-12-26-11-9-19(24)14-26/h1-8,19,21-22,25H,9-15,24H2/t19-,21+,22-/m1/s1. The van der Waals surface area contributed by atoms with Gasteiger partial charge in [-0.05, 0) is 54.8 Å². The number of ether oxygens (including phenoxy) is 1. The Balaban J connectivity index is 1.19. The van der Waals surface area contributed by atoms with Gasteiger partial charge in [-0.2, -0.15) is 0 Å². The first-order valence-electron chi connectivity index (χ1n) is 9.86. The fourth-order valence-corrected chi connectivity index (χ4v) is 3.95. The molecule has 1 saturated heterocycles. The van der Waals surface area contributed by atoms with E-state index in [1.54, 1.807) is 0 Å². The zero-order chi connectivity index (χ0) is 18.6. The van der Waals surface area contributed by atoms with Gasteiger partial charge in [0.2, 0.25) is 0 Å². The third-order valence-electron chi connectivity index (χ3n) is 5.56. The van der Waals surface area contributed by atoms with Crippen LogP contribution in [0.3, 0.4) is 0 Å². The number of likely N-dealkylation sites (tertiary alicyclic amines) is 1. The molecule has 2 aromatic rings. The SMILES string of the molecule is N[C@@H]1CCN(CCN[C@@H]2C[C@H]2c2ccc(OCc3ccc(Cl)cc3)cc2)C1. The van der Waals surface area contributed by atoms with Gasteiger partial charge in [0.05, 0.1) is 0 Å². The minimum Gasteiger partial charge on any atom is -0.489 e. The summed E-state index contributed by atoms with van der Waals surface area (Å²) in [5.74, 6) is 1.54. The van der Waals surface area contributed by atoms with Crippen LogP contribution in [0.5, 0.6) is 5.75 Å². The highest BCUT2D eigenvalue weighted by Gasteiger charge is 2.37. The number of nitrogens with two attached hydrogens (primary N) is 1. The molecule has 0 unspecified atom stereocenters. The van der Waals surface area contributed by atoms with Gasteiger partial charge in [0.1, 0.15) is 12.4 Å². The summed E-state index contributed by atoms with van der Waals surface area (Å²) in [6.45, 7) is 4.91. The zero-order valence-electron chi connectivity index (χ0n) is 15.6. The molecule has 1 aliphatic heterocycles. The molecular weight excluding hydrogens is 358 g/mol. The van der Waals surface area contributed by atoms with Gasteiger partial charge < -0.3 is 20.7 Å². The zero-order valence-corrected chi connectivity index (χ0v) is 16.4. The van der Waals surface area contributed by atoms with Gasteiger partial charge in [0, 0.05) is 42.7 Å². The van der Waals surface area contributed by atoms with Crippen LogP contribution in [0.1, 0.15) is 29.9 Å². The van der Waals surface area contributed by atoms with Gasteiger partial charge in [-0.1, -0.05) is 35.9 Å². The van der Waals surface area contributed by atoms with E-state index >= 15 is 0 Å². The molecule has 4 rings (SSSR count). The minimum atomic E-state index is 0.374. The lowest BCUT2D eigenvalue weighted by Gasteiger charge is -2.15. The number of hydrogen-bond donors (Lipinski definition) is 2. The molecule has 3 N–H and O–H groups in total. The number of benzene rings is 2.